The number of nitrogens with one attached hydrogen (secondary N) is 1. The van der Waals surface area contributed by atoms with Gasteiger partial charge in [0.2, 0.25) is 0 Å². The summed E-state index contributed by atoms with van der Waals surface area (Å²) < 4.78 is 1.78. The van der Waals surface area contributed by atoms with Crippen LogP contribution in [-0.2, 0) is 13.1 Å². The lowest BCUT2D eigenvalue weighted by atomic mass is 10.0. The van der Waals surface area contributed by atoms with Gasteiger partial charge in [-0.1, -0.05) is 6.92 Å². The van der Waals surface area contributed by atoms with Gasteiger partial charge in [0, 0.05) is 24.8 Å². The van der Waals surface area contributed by atoms with E-state index in [-0.39, 0.29) is 6.61 Å². The molecule has 0 aliphatic heterocycles. The van der Waals surface area contributed by atoms with Gasteiger partial charge in [-0.15, -0.1) is 0 Å². The summed E-state index contributed by atoms with van der Waals surface area (Å²) in [6.07, 6.45) is 7.90. The largest absolute Gasteiger partial charge is 0.394 e. The Hall–Kier alpha value is -0.870. The zero-order valence-electron chi connectivity index (χ0n) is 9.95. The SMILES string of the molecule is CCC1(CNCc2cnn(CCO)c2)CC1. The lowest BCUT2D eigenvalue weighted by Crippen LogP contribution is -2.22. The summed E-state index contributed by atoms with van der Waals surface area (Å²) in [4.78, 5) is 0. The molecule has 0 radical (unpaired) electrons. The van der Waals surface area contributed by atoms with E-state index in [2.05, 4.69) is 17.3 Å². The van der Waals surface area contributed by atoms with Crippen molar-refractivity contribution in [3.8, 4) is 0 Å². The highest BCUT2D eigenvalue weighted by Gasteiger charge is 2.39. The van der Waals surface area contributed by atoms with E-state index in [1.54, 1.807) is 4.68 Å². The van der Waals surface area contributed by atoms with Crippen molar-refractivity contribution < 1.29 is 5.11 Å². The maximum Gasteiger partial charge on any atom is 0.0640 e. The van der Waals surface area contributed by atoms with Crippen molar-refractivity contribution in [2.24, 2.45) is 5.41 Å². The molecule has 0 saturated heterocycles. The van der Waals surface area contributed by atoms with Gasteiger partial charge in [0.05, 0.1) is 19.3 Å². The van der Waals surface area contributed by atoms with Crippen LogP contribution in [0.5, 0.6) is 0 Å². The summed E-state index contributed by atoms with van der Waals surface area (Å²) >= 11 is 0. The Bertz CT molecular complexity index is 331. The van der Waals surface area contributed by atoms with Crippen molar-refractivity contribution in [3.63, 3.8) is 0 Å². The van der Waals surface area contributed by atoms with Crippen LogP contribution in [-0.4, -0.2) is 28.0 Å². The molecule has 4 heteroatoms. The molecule has 2 rings (SSSR count). The molecular weight excluding hydrogens is 202 g/mol. The third-order valence-corrected chi connectivity index (χ3v) is 3.55. The number of rotatable bonds is 7. The average molecular weight is 223 g/mol. The van der Waals surface area contributed by atoms with Crippen LogP contribution >= 0.6 is 0 Å². The van der Waals surface area contributed by atoms with Gasteiger partial charge in [0.15, 0.2) is 0 Å². The van der Waals surface area contributed by atoms with Gasteiger partial charge < -0.3 is 10.4 Å². The van der Waals surface area contributed by atoms with Crippen LogP contribution in [0.1, 0.15) is 31.7 Å². The molecule has 0 spiro atoms. The van der Waals surface area contributed by atoms with Gasteiger partial charge in [-0.05, 0) is 24.7 Å². The molecule has 0 atom stereocenters. The van der Waals surface area contributed by atoms with Gasteiger partial charge >= 0.3 is 0 Å². The van der Waals surface area contributed by atoms with Crippen molar-refractivity contribution in [3.05, 3.63) is 18.0 Å². The van der Waals surface area contributed by atoms with Gasteiger partial charge in [-0.3, -0.25) is 4.68 Å². The van der Waals surface area contributed by atoms with Gasteiger partial charge in [-0.25, -0.2) is 0 Å². The lowest BCUT2D eigenvalue weighted by Gasteiger charge is -2.12. The number of aromatic nitrogens is 2. The number of nitrogens with zero attached hydrogens (tertiary/aromatic N) is 2. The molecule has 1 aromatic rings. The molecular formula is C12H21N3O. The zero-order chi connectivity index (χ0) is 11.4. The van der Waals surface area contributed by atoms with E-state index >= 15 is 0 Å². The van der Waals surface area contributed by atoms with E-state index in [4.69, 9.17) is 5.11 Å². The highest BCUT2D eigenvalue weighted by molar-refractivity contribution is 5.04. The number of hydrogen-bond donors (Lipinski definition) is 2. The lowest BCUT2D eigenvalue weighted by molar-refractivity contribution is 0.269. The van der Waals surface area contributed by atoms with Crippen LogP contribution in [0.15, 0.2) is 12.4 Å². The first-order valence-corrected chi connectivity index (χ1v) is 6.11. The fourth-order valence-corrected chi connectivity index (χ4v) is 2.03. The van der Waals surface area contributed by atoms with Crippen molar-refractivity contribution in [2.45, 2.75) is 39.3 Å². The van der Waals surface area contributed by atoms with Crippen molar-refractivity contribution in [1.29, 1.82) is 0 Å². The summed E-state index contributed by atoms with van der Waals surface area (Å²) in [5.74, 6) is 0. The van der Waals surface area contributed by atoms with Crippen LogP contribution in [0, 0.1) is 5.41 Å². The molecule has 0 aromatic carbocycles. The Balaban J connectivity index is 1.72. The molecule has 1 aliphatic rings. The summed E-state index contributed by atoms with van der Waals surface area (Å²) in [5.41, 5.74) is 1.79. The topological polar surface area (TPSA) is 50.1 Å². The molecule has 1 aliphatic carbocycles. The third kappa shape index (κ3) is 2.83. The maximum absolute atomic E-state index is 8.78. The van der Waals surface area contributed by atoms with Crippen LogP contribution in [0.2, 0.25) is 0 Å². The third-order valence-electron chi connectivity index (χ3n) is 3.55. The minimum atomic E-state index is 0.146. The fourth-order valence-electron chi connectivity index (χ4n) is 2.03. The van der Waals surface area contributed by atoms with E-state index < -0.39 is 0 Å². The Labute approximate surface area is 96.7 Å². The molecule has 1 aromatic heterocycles. The van der Waals surface area contributed by atoms with Crippen LogP contribution < -0.4 is 5.32 Å². The second kappa shape index (κ2) is 4.97. The minimum absolute atomic E-state index is 0.146. The van der Waals surface area contributed by atoms with E-state index in [0.717, 1.165) is 13.1 Å². The average Bonchev–Trinajstić information content (AvgIpc) is 2.94. The molecule has 1 saturated carbocycles. The van der Waals surface area contributed by atoms with Crippen molar-refractivity contribution in [1.82, 2.24) is 15.1 Å². The first-order chi connectivity index (χ1) is 7.78. The monoisotopic (exact) mass is 223 g/mol. The minimum Gasteiger partial charge on any atom is -0.394 e. The second-order valence-corrected chi connectivity index (χ2v) is 4.79. The Morgan fingerprint density at radius 3 is 3.00 bits per heavy atom. The van der Waals surface area contributed by atoms with E-state index in [9.17, 15) is 0 Å². The van der Waals surface area contributed by atoms with Crippen LogP contribution in [0.3, 0.4) is 0 Å². The Morgan fingerprint density at radius 1 is 1.56 bits per heavy atom. The number of aliphatic hydroxyl groups excluding tert-OH is 1. The fraction of sp³-hybridized carbons (Fsp3) is 0.750. The van der Waals surface area contributed by atoms with Gasteiger partial charge in [0.1, 0.15) is 0 Å². The van der Waals surface area contributed by atoms with Crippen LogP contribution in [0.4, 0.5) is 0 Å². The van der Waals surface area contributed by atoms with Gasteiger partial charge in [-0.2, -0.15) is 5.10 Å². The molecule has 16 heavy (non-hydrogen) atoms. The molecule has 0 amide bonds. The first kappa shape index (κ1) is 11.6. The Morgan fingerprint density at radius 2 is 2.38 bits per heavy atom. The molecule has 90 valence electrons. The van der Waals surface area contributed by atoms with E-state index in [1.165, 1.54) is 24.8 Å². The second-order valence-electron chi connectivity index (χ2n) is 4.79. The Kier molecular flexibility index (Phi) is 3.61. The highest BCUT2D eigenvalue weighted by Crippen LogP contribution is 2.47. The highest BCUT2D eigenvalue weighted by atomic mass is 16.3. The standard InChI is InChI=1S/C12H21N3O/c1-2-12(3-4-12)10-13-7-11-8-14-15(9-11)5-6-16/h8-9,13,16H,2-7,10H2,1H3. The summed E-state index contributed by atoms with van der Waals surface area (Å²) in [5, 5.41) is 16.4. The number of aliphatic hydroxyl groups is 1. The smallest absolute Gasteiger partial charge is 0.0640 e. The quantitative estimate of drug-likeness (QED) is 0.729. The van der Waals surface area contributed by atoms with Crippen molar-refractivity contribution >= 4 is 0 Å². The van der Waals surface area contributed by atoms with E-state index in [1.807, 2.05) is 12.4 Å². The summed E-state index contributed by atoms with van der Waals surface area (Å²) in [7, 11) is 0. The summed E-state index contributed by atoms with van der Waals surface area (Å²) in [6, 6.07) is 0. The predicted octanol–water partition coefficient (Wildman–Crippen LogP) is 1.16. The van der Waals surface area contributed by atoms with Crippen molar-refractivity contribution in [2.75, 3.05) is 13.2 Å². The molecule has 0 unspecified atom stereocenters. The predicted molar refractivity (Wildman–Crippen MR) is 63.0 cm³/mol. The normalized spacial score (nSPS) is 17.6. The summed E-state index contributed by atoms with van der Waals surface area (Å²) in [6.45, 7) is 5.00. The molecule has 2 N–H and O–H groups in total. The zero-order valence-corrected chi connectivity index (χ0v) is 9.95. The van der Waals surface area contributed by atoms with Crippen LogP contribution in [0.25, 0.3) is 0 Å². The molecule has 0 bridgehead atoms. The van der Waals surface area contributed by atoms with Gasteiger partial charge in [0.25, 0.3) is 0 Å². The molecule has 4 nitrogen and oxygen atoms in total. The first-order valence-electron chi connectivity index (χ1n) is 6.11. The maximum atomic E-state index is 8.78. The number of hydrogen-bond acceptors (Lipinski definition) is 3. The molecule has 1 fully saturated rings. The van der Waals surface area contributed by atoms with E-state index in [0.29, 0.717) is 12.0 Å². The molecule has 1 heterocycles.